The third-order valence-electron chi connectivity index (χ3n) is 3.62. The fourth-order valence-electron chi connectivity index (χ4n) is 2.37. The Morgan fingerprint density at radius 3 is 2.45 bits per heavy atom. The number of carboxylic acid groups (broad SMARTS) is 1. The number of hydrogen-bond donors (Lipinski definition) is 1. The highest BCUT2D eigenvalue weighted by molar-refractivity contribution is 5.75. The molecule has 2 aromatic carbocycles. The smallest absolute Gasteiger partial charge is 0.310 e. The van der Waals surface area contributed by atoms with Crippen LogP contribution in [0.1, 0.15) is 0 Å². The molecule has 1 fully saturated rings. The SMILES string of the molecule is O=C(O)C1CN(c2cccc(-c3ccc(F)cc3)c2)C1. The van der Waals surface area contributed by atoms with Gasteiger partial charge in [0, 0.05) is 18.8 Å². The largest absolute Gasteiger partial charge is 0.481 e. The van der Waals surface area contributed by atoms with Crippen LogP contribution in [-0.2, 0) is 4.79 Å². The van der Waals surface area contributed by atoms with Crippen molar-refractivity contribution in [1.82, 2.24) is 0 Å². The van der Waals surface area contributed by atoms with Crippen LogP contribution in [0.3, 0.4) is 0 Å². The molecule has 1 saturated heterocycles. The van der Waals surface area contributed by atoms with Crippen LogP contribution in [0.5, 0.6) is 0 Å². The molecule has 1 aliphatic rings. The molecule has 0 aromatic heterocycles. The summed E-state index contributed by atoms with van der Waals surface area (Å²) in [6.45, 7) is 1.09. The monoisotopic (exact) mass is 271 g/mol. The van der Waals surface area contributed by atoms with Gasteiger partial charge in [-0.2, -0.15) is 0 Å². The van der Waals surface area contributed by atoms with E-state index in [1.54, 1.807) is 12.1 Å². The molecule has 0 radical (unpaired) electrons. The molecule has 1 N–H and O–H groups in total. The van der Waals surface area contributed by atoms with Crippen LogP contribution in [0.2, 0.25) is 0 Å². The van der Waals surface area contributed by atoms with Gasteiger partial charge in [-0.15, -0.1) is 0 Å². The molecule has 3 rings (SSSR count). The highest BCUT2D eigenvalue weighted by Crippen LogP contribution is 2.29. The number of rotatable bonds is 3. The van der Waals surface area contributed by atoms with Crippen LogP contribution in [0.4, 0.5) is 10.1 Å². The first kappa shape index (κ1) is 12.7. The van der Waals surface area contributed by atoms with Gasteiger partial charge >= 0.3 is 5.97 Å². The zero-order valence-electron chi connectivity index (χ0n) is 10.8. The number of anilines is 1. The molecule has 0 atom stereocenters. The minimum absolute atomic E-state index is 0.253. The van der Waals surface area contributed by atoms with Crippen LogP contribution >= 0.6 is 0 Å². The molecule has 0 amide bonds. The van der Waals surface area contributed by atoms with Crippen molar-refractivity contribution in [3.05, 3.63) is 54.3 Å². The molecule has 0 spiro atoms. The van der Waals surface area contributed by atoms with E-state index in [0.717, 1.165) is 16.8 Å². The van der Waals surface area contributed by atoms with Crippen molar-refractivity contribution in [3.63, 3.8) is 0 Å². The van der Waals surface area contributed by atoms with Gasteiger partial charge in [-0.1, -0.05) is 24.3 Å². The molecule has 0 bridgehead atoms. The van der Waals surface area contributed by atoms with Crippen molar-refractivity contribution < 1.29 is 14.3 Å². The predicted octanol–water partition coefficient (Wildman–Crippen LogP) is 3.01. The van der Waals surface area contributed by atoms with E-state index >= 15 is 0 Å². The van der Waals surface area contributed by atoms with E-state index in [4.69, 9.17) is 5.11 Å². The average Bonchev–Trinajstić information content (AvgIpc) is 2.38. The lowest BCUT2D eigenvalue weighted by Gasteiger charge is -2.38. The lowest BCUT2D eigenvalue weighted by molar-refractivity contribution is -0.142. The van der Waals surface area contributed by atoms with E-state index in [1.807, 2.05) is 29.2 Å². The maximum atomic E-state index is 12.9. The first-order valence-corrected chi connectivity index (χ1v) is 6.47. The Labute approximate surface area is 116 Å². The molecule has 102 valence electrons. The Balaban J connectivity index is 1.80. The van der Waals surface area contributed by atoms with E-state index in [0.29, 0.717) is 13.1 Å². The number of benzene rings is 2. The molecule has 0 unspecified atom stereocenters. The van der Waals surface area contributed by atoms with Gasteiger partial charge in [-0.3, -0.25) is 4.79 Å². The summed E-state index contributed by atoms with van der Waals surface area (Å²) < 4.78 is 12.9. The summed E-state index contributed by atoms with van der Waals surface area (Å²) in [7, 11) is 0. The Morgan fingerprint density at radius 1 is 1.10 bits per heavy atom. The van der Waals surface area contributed by atoms with Crippen LogP contribution < -0.4 is 4.90 Å². The standard InChI is InChI=1S/C16H14FNO2/c17-14-6-4-11(5-7-14)12-2-1-3-15(8-12)18-9-13(10-18)16(19)20/h1-8,13H,9-10H2,(H,19,20). The first-order valence-electron chi connectivity index (χ1n) is 6.47. The summed E-state index contributed by atoms with van der Waals surface area (Å²) in [5, 5.41) is 8.89. The van der Waals surface area contributed by atoms with Gasteiger partial charge in [-0.05, 0) is 35.4 Å². The molecule has 0 saturated carbocycles. The van der Waals surface area contributed by atoms with Crippen molar-refractivity contribution >= 4 is 11.7 Å². The van der Waals surface area contributed by atoms with Crippen molar-refractivity contribution in [2.45, 2.75) is 0 Å². The van der Waals surface area contributed by atoms with E-state index in [1.165, 1.54) is 12.1 Å². The summed E-state index contributed by atoms with van der Waals surface area (Å²) in [5.74, 6) is -1.27. The minimum Gasteiger partial charge on any atom is -0.481 e. The molecule has 2 aromatic rings. The lowest BCUT2D eigenvalue weighted by Crippen LogP contribution is -2.50. The van der Waals surface area contributed by atoms with Crippen molar-refractivity contribution in [2.75, 3.05) is 18.0 Å². The van der Waals surface area contributed by atoms with Crippen LogP contribution in [0, 0.1) is 11.7 Å². The van der Waals surface area contributed by atoms with Crippen LogP contribution in [0.25, 0.3) is 11.1 Å². The Hall–Kier alpha value is -2.36. The summed E-state index contributed by atoms with van der Waals surface area (Å²) in [4.78, 5) is 12.9. The Kier molecular flexibility index (Phi) is 3.14. The summed E-state index contributed by atoms with van der Waals surface area (Å²) >= 11 is 0. The second-order valence-corrected chi connectivity index (χ2v) is 5.00. The van der Waals surface area contributed by atoms with E-state index < -0.39 is 5.97 Å². The normalized spacial score (nSPS) is 14.9. The quantitative estimate of drug-likeness (QED) is 0.933. The number of halogens is 1. The van der Waals surface area contributed by atoms with Gasteiger partial charge in [0.2, 0.25) is 0 Å². The first-order chi connectivity index (χ1) is 9.63. The van der Waals surface area contributed by atoms with Crippen molar-refractivity contribution in [3.8, 4) is 11.1 Å². The van der Waals surface area contributed by atoms with Gasteiger partial charge in [0.15, 0.2) is 0 Å². The van der Waals surface area contributed by atoms with E-state index in [-0.39, 0.29) is 11.7 Å². The number of hydrogen-bond acceptors (Lipinski definition) is 2. The zero-order valence-corrected chi connectivity index (χ0v) is 10.8. The summed E-state index contributed by atoms with van der Waals surface area (Å²) in [5.41, 5.74) is 2.95. The number of aliphatic carboxylic acids is 1. The zero-order chi connectivity index (χ0) is 14.1. The highest BCUT2D eigenvalue weighted by atomic mass is 19.1. The van der Waals surface area contributed by atoms with Gasteiger partial charge in [0.05, 0.1) is 5.92 Å². The maximum absolute atomic E-state index is 12.9. The molecule has 3 nitrogen and oxygen atoms in total. The minimum atomic E-state index is -0.740. The van der Waals surface area contributed by atoms with Gasteiger partial charge in [0.25, 0.3) is 0 Å². The van der Waals surface area contributed by atoms with Crippen LogP contribution in [-0.4, -0.2) is 24.2 Å². The molecule has 4 heteroatoms. The Morgan fingerprint density at radius 2 is 1.80 bits per heavy atom. The number of nitrogens with zero attached hydrogens (tertiary/aromatic N) is 1. The van der Waals surface area contributed by atoms with Crippen molar-refractivity contribution in [1.29, 1.82) is 0 Å². The summed E-state index contributed by atoms with van der Waals surface area (Å²) in [6, 6.07) is 14.2. The molecule has 1 heterocycles. The average molecular weight is 271 g/mol. The fourth-order valence-corrected chi connectivity index (χ4v) is 2.37. The van der Waals surface area contributed by atoms with Crippen molar-refractivity contribution in [2.24, 2.45) is 5.92 Å². The van der Waals surface area contributed by atoms with Gasteiger partial charge in [0.1, 0.15) is 5.82 Å². The van der Waals surface area contributed by atoms with Gasteiger partial charge in [-0.25, -0.2) is 4.39 Å². The molecule has 1 aliphatic heterocycles. The molecular weight excluding hydrogens is 257 g/mol. The third-order valence-corrected chi connectivity index (χ3v) is 3.62. The second kappa shape index (κ2) is 4.96. The third kappa shape index (κ3) is 2.37. The van der Waals surface area contributed by atoms with Crippen LogP contribution in [0.15, 0.2) is 48.5 Å². The van der Waals surface area contributed by atoms with Gasteiger partial charge < -0.3 is 10.0 Å². The second-order valence-electron chi connectivity index (χ2n) is 5.00. The number of carbonyl (C=O) groups is 1. The topological polar surface area (TPSA) is 40.5 Å². The molecular formula is C16H14FNO2. The summed E-state index contributed by atoms with van der Waals surface area (Å²) in [6.07, 6.45) is 0. The lowest BCUT2D eigenvalue weighted by atomic mass is 9.98. The van der Waals surface area contributed by atoms with E-state index in [9.17, 15) is 9.18 Å². The highest BCUT2D eigenvalue weighted by Gasteiger charge is 2.32. The fraction of sp³-hybridized carbons (Fsp3) is 0.188. The molecule has 0 aliphatic carbocycles. The van der Waals surface area contributed by atoms with E-state index in [2.05, 4.69) is 0 Å². The Bertz CT molecular complexity index is 633. The predicted molar refractivity (Wildman–Crippen MR) is 75.2 cm³/mol. The maximum Gasteiger partial charge on any atom is 0.310 e. The molecule has 20 heavy (non-hydrogen) atoms. The number of carboxylic acids is 1.